The quantitative estimate of drug-likeness (QED) is 0.257. The first-order valence-electron chi connectivity index (χ1n) is 13.7. The van der Waals surface area contributed by atoms with Crippen LogP contribution in [0.3, 0.4) is 0 Å². The Morgan fingerprint density at radius 2 is 1.26 bits per heavy atom. The minimum absolute atomic E-state index is 0.249. The van der Waals surface area contributed by atoms with E-state index in [-0.39, 0.29) is 6.54 Å². The molecule has 0 spiro atoms. The van der Waals surface area contributed by atoms with Crippen molar-refractivity contribution in [3.05, 3.63) is 109 Å². The van der Waals surface area contributed by atoms with Crippen LogP contribution < -0.4 is 11.5 Å². The second kappa shape index (κ2) is 14.3. The number of hydrogen-bond donors (Lipinski definition) is 2. The van der Waals surface area contributed by atoms with Crippen LogP contribution >= 0.6 is 0 Å². The van der Waals surface area contributed by atoms with E-state index in [0.717, 1.165) is 21.9 Å². The summed E-state index contributed by atoms with van der Waals surface area (Å²) in [5.74, 6) is 0. The van der Waals surface area contributed by atoms with Gasteiger partial charge in [-0.05, 0) is 44.8 Å². The molecule has 1 saturated heterocycles. The van der Waals surface area contributed by atoms with Gasteiger partial charge in [0.2, 0.25) is 0 Å². The number of nitrogens with two attached hydrogens (primary N) is 2. The first-order valence-corrected chi connectivity index (χ1v) is 13.7. The van der Waals surface area contributed by atoms with Crippen LogP contribution in [0, 0.1) is 0 Å². The van der Waals surface area contributed by atoms with Crippen molar-refractivity contribution in [1.82, 2.24) is 0 Å². The maximum atomic E-state index is 6.64. The number of benzene rings is 4. The van der Waals surface area contributed by atoms with Gasteiger partial charge in [0.1, 0.15) is 18.3 Å². The average Bonchev–Trinajstić information content (AvgIpc) is 2.99. The van der Waals surface area contributed by atoms with Crippen molar-refractivity contribution in [2.45, 2.75) is 57.7 Å². The average molecular weight is 529 g/mol. The van der Waals surface area contributed by atoms with E-state index in [0.29, 0.717) is 19.8 Å². The molecule has 4 aromatic carbocycles. The molecule has 6 nitrogen and oxygen atoms in total. The van der Waals surface area contributed by atoms with E-state index in [1.54, 1.807) is 6.08 Å². The van der Waals surface area contributed by atoms with Crippen molar-refractivity contribution in [2.24, 2.45) is 11.5 Å². The topological polar surface area (TPSA) is 89.0 Å². The van der Waals surface area contributed by atoms with Crippen molar-refractivity contribution in [3.63, 3.8) is 0 Å². The minimum atomic E-state index is -0.673. The third-order valence-electron chi connectivity index (χ3n) is 6.82. The Labute approximate surface area is 231 Å². The van der Waals surface area contributed by atoms with E-state index in [1.807, 2.05) is 38.1 Å². The van der Waals surface area contributed by atoms with Crippen LogP contribution in [-0.4, -0.2) is 43.8 Å². The number of fused-ring (bicyclic) bond motifs is 2. The van der Waals surface area contributed by atoms with Gasteiger partial charge in [-0.2, -0.15) is 0 Å². The largest absolute Gasteiger partial charge is 0.369 e. The lowest BCUT2D eigenvalue weighted by Crippen LogP contribution is -2.64. The standard InChI is InChI=1S/C31H34N2O4.C2H6/c1-2-15-34-31-28(33)30(36-20-22-12-14-24-8-4-6-10-26(24)17-22)29(27(18-32)37-31)35-19-21-11-13-23-7-3-5-9-25(23)16-21;1-2/h2-14,16-17,27-31H,1,15,18-20,32-33H2;1-2H3. The Bertz CT molecular complexity index is 1340. The summed E-state index contributed by atoms with van der Waals surface area (Å²) >= 11 is 0. The Balaban J connectivity index is 0.00000172. The smallest absolute Gasteiger partial charge is 0.176 e. The number of hydrogen-bond acceptors (Lipinski definition) is 6. The molecule has 0 bridgehead atoms. The van der Waals surface area contributed by atoms with Crippen molar-refractivity contribution >= 4 is 21.5 Å². The van der Waals surface area contributed by atoms with Crippen molar-refractivity contribution in [3.8, 4) is 0 Å². The highest BCUT2D eigenvalue weighted by atomic mass is 16.7. The molecule has 5 rings (SSSR count). The maximum Gasteiger partial charge on any atom is 0.176 e. The Hall–Kier alpha value is -3.10. The van der Waals surface area contributed by atoms with E-state index >= 15 is 0 Å². The summed E-state index contributed by atoms with van der Waals surface area (Å²) < 4.78 is 24.8. The number of rotatable bonds is 10. The van der Waals surface area contributed by atoms with E-state index in [1.165, 1.54) is 10.8 Å². The predicted octanol–water partition coefficient (Wildman–Crippen LogP) is 5.70. The molecule has 5 atom stereocenters. The van der Waals surface area contributed by atoms with E-state index < -0.39 is 30.6 Å². The van der Waals surface area contributed by atoms with Crippen LogP contribution in [-0.2, 0) is 32.2 Å². The molecule has 0 amide bonds. The molecule has 1 fully saturated rings. The van der Waals surface area contributed by atoms with Crippen molar-refractivity contribution in [2.75, 3.05) is 13.2 Å². The summed E-state index contributed by atoms with van der Waals surface area (Å²) in [6.07, 6.45) is -0.384. The fraction of sp³-hybridized carbons (Fsp3) is 0.333. The molecule has 6 heteroatoms. The summed E-state index contributed by atoms with van der Waals surface area (Å²) in [4.78, 5) is 0. The summed E-state index contributed by atoms with van der Waals surface area (Å²) in [6, 6.07) is 28.6. The molecule has 206 valence electrons. The molecule has 39 heavy (non-hydrogen) atoms. The minimum Gasteiger partial charge on any atom is -0.369 e. The first kappa shape index (κ1) is 28.9. The van der Waals surface area contributed by atoms with Crippen LogP contribution in [0.1, 0.15) is 25.0 Å². The fourth-order valence-electron chi connectivity index (χ4n) is 4.88. The summed E-state index contributed by atoms with van der Waals surface area (Å²) in [5.41, 5.74) is 14.9. The zero-order valence-electron chi connectivity index (χ0n) is 22.9. The summed E-state index contributed by atoms with van der Waals surface area (Å²) in [7, 11) is 0. The highest BCUT2D eigenvalue weighted by molar-refractivity contribution is 5.83. The van der Waals surface area contributed by atoms with Gasteiger partial charge in [-0.25, -0.2) is 0 Å². The fourth-order valence-corrected chi connectivity index (χ4v) is 4.88. The first-order chi connectivity index (χ1) is 19.2. The maximum absolute atomic E-state index is 6.64. The second-order valence-corrected chi connectivity index (χ2v) is 9.39. The van der Waals surface area contributed by atoms with Gasteiger partial charge < -0.3 is 30.4 Å². The molecular formula is C33H40N2O4. The van der Waals surface area contributed by atoms with Gasteiger partial charge in [-0.3, -0.25) is 0 Å². The zero-order chi connectivity index (χ0) is 27.6. The molecule has 4 N–H and O–H groups in total. The van der Waals surface area contributed by atoms with Crippen molar-refractivity contribution in [1.29, 1.82) is 0 Å². The van der Waals surface area contributed by atoms with Crippen LogP contribution in [0.15, 0.2) is 97.6 Å². The Kier molecular flexibility index (Phi) is 10.6. The molecule has 1 aliphatic heterocycles. The van der Waals surface area contributed by atoms with E-state index in [4.69, 9.17) is 30.4 Å². The highest BCUT2D eigenvalue weighted by Gasteiger charge is 2.46. The van der Waals surface area contributed by atoms with Gasteiger partial charge >= 0.3 is 0 Å². The third kappa shape index (κ3) is 7.11. The molecule has 0 radical (unpaired) electrons. The lowest BCUT2D eigenvalue weighted by Gasteiger charge is -2.44. The van der Waals surface area contributed by atoms with Crippen LogP contribution in [0.4, 0.5) is 0 Å². The molecular weight excluding hydrogens is 488 g/mol. The molecule has 0 saturated carbocycles. The van der Waals surface area contributed by atoms with Gasteiger partial charge in [-0.1, -0.05) is 92.7 Å². The zero-order valence-corrected chi connectivity index (χ0v) is 22.9. The number of ether oxygens (including phenoxy) is 4. The van der Waals surface area contributed by atoms with Crippen LogP contribution in [0.25, 0.3) is 21.5 Å². The summed E-state index contributed by atoms with van der Waals surface area (Å²) in [6.45, 7) is 9.06. The van der Waals surface area contributed by atoms with Gasteiger partial charge in [-0.15, -0.1) is 6.58 Å². The van der Waals surface area contributed by atoms with Crippen LogP contribution in [0.5, 0.6) is 0 Å². The molecule has 0 aromatic heterocycles. The third-order valence-corrected chi connectivity index (χ3v) is 6.82. The van der Waals surface area contributed by atoms with Gasteiger partial charge in [0.05, 0.1) is 25.9 Å². The van der Waals surface area contributed by atoms with Gasteiger partial charge in [0, 0.05) is 6.54 Å². The second-order valence-electron chi connectivity index (χ2n) is 9.39. The molecule has 5 unspecified atom stereocenters. The lowest BCUT2D eigenvalue weighted by molar-refractivity contribution is -0.273. The molecule has 4 aromatic rings. The molecule has 1 heterocycles. The van der Waals surface area contributed by atoms with Gasteiger partial charge in [0.25, 0.3) is 0 Å². The monoisotopic (exact) mass is 528 g/mol. The lowest BCUT2D eigenvalue weighted by atomic mass is 9.96. The Morgan fingerprint density at radius 1 is 0.744 bits per heavy atom. The Morgan fingerprint density at radius 3 is 1.77 bits per heavy atom. The van der Waals surface area contributed by atoms with Gasteiger partial charge in [0.15, 0.2) is 6.29 Å². The molecule has 0 aliphatic carbocycles. The van der Waals surface area contributed by atoms with E-state index in [2.05, 4.69) is 67.2 Å². The van der Waals surface area contributed by atoms with Crippen LogP contribution in [0.2, 0.25) is 0 Å². The molecule has 1 aliphatic rings. The summed E-state index contributed by atoms with van der Waals surface area (Å²) in [5, 5.41) is 4.70. The normalized spacial score (nSPS) is 22.8. The SMILES string of the molecule is C=CCOC1OC(CN)C(OCc2ccc3ccccc3c2)C(OCc2ccc3ccccc3c2)C1N.CC. The van der Waals surface area contributed by atoms with E-state index in [9.17, 15) is 0 Å². The predicted molar refractivity (Wildman–Crippen MR) is 158 cm³/mol. The highest BCUT2D eigenvalue weighted by Crippen LogP contribution is 2.28. The van der Waals surface area contributed by atoms with Crippen molar-refractivity contribution < 1.29 is 18.9 Å².